The van der Waals surface area contributed by atoms with Crippen LogP contribution in [-0.2, 0) is 14.9 Å². The highest BCUT2D eigenvalue weighted by atomic mass is 32.2. The fourth-order valence-corrected chi connectivity index (χ4v) is 3.90. The lowest BCUT2D eigenvalue weighted by atomic mass is 9.87. The van der Waals surface area contributed by atoms with Crippen LogP contribution in [0.3, 0.4) is 0 Å². The molecule has 1 aliphatic rings. The highest BCUT2D eigenvalue weighted by Crippen LogP contribution is 2.24. The number of carbonyl (C=O) groups is 1. The summed E-state index contributed by atoms with van der Waals surface area (Å²) >= 11 is 0. The van der Waals surface area contributed by atoms with Crippen LogP contribution in [0.1, 0.15) is 43.0 Å². The minimum atomic E-state index is -3.76. The molecular formula is C16H24N2O4S. The molecule has 1 aromatic carbocycles. The first-order valence-corrected chi connectivity index (χ1v) is 9.22. The van der Waals surface area contributed by atoms with Gasteiger partial charge in [0.05, 0.1) is 12.0 Å². The van der Waals surface area contributed by atoms with E-state index in [1.807, 2.05) is 0 Å². The molecule has 2 atom stereocenters. The zero-order chi connectivity index (χ0) is 17.0. The van der Waals surface area contributed by atoms with Crippen molar-refractivity contribution in [3.8, 4) is 0 Å². The van der Waals surface area contributed by atoms with Crippen LogP contribution in [0.15, 0.2) is 29.2 Å². The summed E-state index contributed by atoms with van der Waals surface area (Å²) in [5.74, 6) is 0.373. The first-order valence-electron chi connectivity index (χ1n) is 7.78. The van der Waals surface area contributed by atoms with E-state index in [0.29, 0.717) is 11.5 Å². The van der Waals surface area contributed by atoms with Gasteiger partial charge in [-0.1, -0.05) is 30.3 Å². The maximum atomic E-state index is 12.4. The summed E-state index contributed by atoms with van der Waals surface area (Å²) < 4.78 is 25.3. The van der Waals surface area contributed by atoms with Crippen molar-refractivity contribution in [1.29, 1.82) is 0 Å². The normalized spacial score (nSPS) is 22.1. The second kappa shape index (κ2) is 7.42. The van der Waals surface area contributed by atoms with Crippen molar-refractivity contribution in [3.05, 3.63) is 29.8 Å². The van der Waals surface area contributed by atoms with Crippen molar-refractivity contribution < 1.29 is 18.0 Å². The summed E-state index contributed by atoms with van der Waals surface area (Å²) in [7, 11) is -1.17. The molecule has 1 fully saturated rings. The van der Waals surface area contributed by atoms with Crippen LogP contribution < -0.4 is 5.32 Å². The topological polar surface area (TPSA) is 75.7 Å². The van der Waals surface area contributed by atoms with Gasteiger partial charge in [0.25, 0.3) is 15.9 Å². The zero-order valence-electron chi connectivity index (χ0n) is 13.8. The largest absolute Gasteiger partial charge is 0.349 e. The Labute approximate surface area is 137 Å². The minimum absolute atomic E-state index is 0.0338. The first kappa shape index (κ1) is 17.9. The van der Waals surface area contributed by atoms with Gasteiger partial charge in [-0.3, -0.25) is 9.63 Å². The van der Waals surface area contributed by atoms with Gasteiger partial charge in [0.1, 0.15) is 0 Å². The fraction of sp³-hybridized carbons (Fsp3) is 0.562. The third-order valence-corrected chi connectivity index (χ3v) is 5.94. The molecular weight excluding hydrogens is 316 g/mol. The molecule has 1 N–H and O–H groups in total. The summed E-state index contributed by atoms with van der Waals surface area (Å²) in [6, 6.07) is 6.17. The van der Waals surface area contributed by atoms with E-state index in [1.165, 1.54) is 32.7 Å². The monoisotopic (exact) mass is 340 g/mol. The fourth-order valence-electron chi connectivity index (χ4n) is 2.88. The standard InChI is InChI=1S/C16H24N2O4S/c1-12-6-4-8-14(10-12)17-16(19)13-7-5-9-15(11-13)23(20,21)18(2)22-3/h5,7,9,11-12,14H,4,6,8,10H2,1-3H3,(H,17,19). The summed E-state index contributed by atoms with van der Waals surface area (Å²) in [6.07, 6.45) is 4.25. The van der Waals surface area contributed by atoms with Crippen molar-refractivity contribution in [2.75, 3.05) is 14.2 Å². The Balaban J connectivity index is 2.14. The van der Waals surface area contributed by atoms with Gasteiger partial charge >= 0.3 is 0 Å². The van der Waals surface area contributed by atoms with E-state index in [4.69, 9.17) is 4.84 Å². The molecule has 2 unspecified atom stereocenters. The molecule has 0 bridgehead atoms. The number of sulfonamides is 1. The van der Waals surface area contributed by atoms with Gasteiger partial charge in [-0.2, -0.15) is 0 Å². The van der Waals surface area contributed by atoms with E-state index < -0.39 is 10.0 Å². The summed E-state index contributed by atoms with van der Waals surface area (Å²) in [5.41, 5.74) is 0.341. The maximum absolute atomic E-state index is 12.4. The van der Waals surface area contributed by atoms with Crippen LogP contribution in [-0.4, -0.2) is 39.0 Å². The number of nitrogens with zero attached hydrogens (tertiary/aromatic N) is 1. The molecule has 1 amide bonds. The molecule has 1 aromatic rings. The first-order chi connectivity index (χ1) is 10.8. The van der Waals surface area contributed by atoms with Gasteiger partial charge in [0.15, 0.2) is 0 Å². The Kier molecular flexibility index (Phi) is 5.78. The predicted octanol–water partition coefficient (Wildman–Crippen LogP) is 2.18. The number of carbonyl (C=O) groups excluding carboxylic acids is 1. The SMILES string of the molecule is CON(C)S(=O)(=O)c1cccc(C(=O)NC2CCCC(C)C2)c1. The third kappa shape index (κ3) is 4.31. The van der Waals surface area contributed by atoms with Crippen LogP contribution in [0, 0.1) is 5.92 Å². The van der Waals surface area contributed by atoms with Crippen LogP contribution in [0.4, 0.5) is 0 Å². The van der Waals surface area contributed by atoms with Crippen molar-refractivity contribution in [2.24, 2.45) is 5.92 Å². The molecule has 0 saturated heterocycles. The van der Waals surface area contributed by atoms with Gasteiger partial charge < -0.3 is 5.32 Å². The van der Waals surface area contributed by atoms with Crippen molar-refractivity contribution in [2.45, 2.75) is 43.5 Å². The molecule has 0 spiro atoms. The third-order valence-electron chi connectivity index (χ3n) is 4.26. The van der Waals surface area contributed by atoms with Gasteiger partial charge in [0, 0.05) is 18.7 Å². The Bertz CT molecular complexity index is 660. The highest BCUT2D eigenvalue weighted by molar-refractivity contribution is 7.89. The molecule has 0 aromatic heterocycles. The van der Waals surface area contributed by atoms with Gasteiger partial charge in [-0.25, -0.2) is 8.42 Å². The summed E-state index contributed by atoms with van der Waals surface area (Å²) in [4.78, 5) is 17.2. The van der Waals surface area contributed by atoms with Gasteiger partial charge in [-0.15, -0.1) is 0 Å². The second-order valence-electron chi connectivity index (χ2n) is 6.07. The average molecular weight is 340 g/mol. The Morgan fingerprint density at radius 3 is 2.74 bits per heavy atom. The number of nitrogens with one attached hydrogen (secondary N) is 1. The highest BCUT2D eigenvalue weighted by Gasteiger charge is 2.24. The van der Waals surface area contributed by atoms with Gasteiger partial charge in [-0.05, 0) is 37.0 Å². The second-order valence-corrected chi connectivity index (χ2v) is 8.00. The molecule has 6 nitrogen and oxygen atoms in total. The maximum Gasteiger partial charge on any atom is 0.264 e. The Hall–Kier alpha value is -1.44. The van der Waals surface area contributed by atoms with Crippen LogP contribution in [0.2, 0.25) is 0 Å². The Morgan fingerprint density at radius 1 is 1.35 bits per heavy atom. The lowest BCUT2D eigenvalue weighted by Gasteiger charge is -2.27. The number of hydrogen-bond acceptors (Lipinski definition) is 4. The van der Waals surface area contributed by atoms with E-state index >= 15 is 0 Å². The lowest BCUT2D eigenvalue weighted by Crippen LogP contribution is -2.38. The smallest absolute Gasteiger partial charge is 0.264 e. The zero-order valence-corrected chi connectivity index (χ0v) is 14.6. The molecule has 0 aliphatic heterocycles. The number of hydroxylamine groups is 1. The Morgan fingerprint density at radius 2 is 2.09 bits per heavy atom. The molecule has 2 rings (SSSR count). The number of amides is 1. The predicted molar refractivity (Wildman–Crippen MR) is 87.3 cm³/mol. The quantitative estimate of drug-likeness (QED) is 0.834. The minimum Gasteiger partial charge on any atom is -0.349 e. The van der Waals surface area contributed by atoms with Crippen LogP contribution in [0.25, 0.3) is 0 Å². The van der Waals surface area contributed by atoms with Crippen LogP contribution >= 0.6 is 0 Å². The summed E-state index contributed by atoms with van der Waals surface area (Å²) in [5, 5.41) is 3.01. The molecule has 1 saturated carbocycles. The van der Waals surface area contributed by atoms with E-state index in [2.05, 4.69) is 12.2 Å². The van der Waals surface area contributed by atoms with E-state index in [1.54, 1.807) is 12.1 Å². The molecule has 128 valence electrons. The van der Waals surface area contributed by atoms with Crippen molar-refractivity contribution in [3.63, 3.8) is 0 Å². The van der Waals surface area contributed by atoms with E-state index in [-0.39, 0.29) is 16.8 Å². The van der Waals surface area contributed by atoms with Crippen molar-refractivity contribution >= 4 is 15.9 Å². The molecule has 23 heavy (non-hydrogen) atoms. The number of rotatable bonds is 5. The number of benzene rings is 1. The van der Waals surface area contributed by atoms with Gasteiger partial charge in [0.2, 0.25) is 0 Å². The van der Waals surface area contributed by atoms with Crippen LogP contribution in [0.5, 0.6) is 0 Å². The molecule has 7 heteroatoms. The van der Waals surface area contributed by atoms with E-state index in [9.17, 15) is 13.2 Å². The van der Waals surface area contributed by atoms with Crippen molar-refractivity contribution in [1.82, 2.24) is 9.79 Å². The average Bonchev–Trinajstić information content (AvgIpc) is 2.54. The summed E-state index contributed by atoms with van der Waals surface area (Å²) in [6.45, 7) is 2.19. The molecule has 0 radical (unpaired) electrons. The van der Waals surface area contributed by atoms with E-state index in [0.717, 1.165) is 23.7 Å². The molecule has 0 heterocycles. The molecule has 1 aliphatic carbocycles. The number of hydrogen-bond donors (Lipinski definition) is 1. The lowest BCUT2D eigenvalue weighted by molar-refractivity contribution is -0.0258.